The van der Waals surface area contributed by atoms with E-state index in [1.54, 1.807) is 30.6 Å². The normalized spacial score (nSPS) is 18.2. The Morgan fingerprint density at radius 3 is 2.54 bits per heavy atom. The van der Waals surface area contributed by atoms with E-state index < -0.39 is 17.6 Å². The van der Waals surface area contributed by atoms with Gasteiger partial charge in [0.2, 0.25) is 0 Å². The zero-order chi connectivity index (χ0) is 17.2. The lowest BCUT2D eigenvalue weighted by molar-refractivity contribution is -0.137. The second-order valence-electron chi connectivity index (χ2n) is 4.78. The molecule has 1 N–H and O–H groups in total. The second kappa shape index (κ2) is 6.48. The van der Waals surface area contributed by atoms with E-state index in [0.717, 1.165) is 23.4 Å². The quantitative estimate of drug-likeness (QED) is 0.834. The zero-order valence-electron chi connectivity index (χ0n) is 12.0. The molecule has 0 atom stereocenters. The van der Waals surface area contributed by atoms with Crippen LogP contribution in [0, 0.1) is 0 Å². The number of nitrogens with zero attached hydrogens (tertiary/aromatic N) is 2. The summed E-state index contributed by atoms with van der Waals surface area (Å²) in [6.07, 6.45) is 0.278. The van der Waals surface area contributed by atoms with Crippen molar-refractivity contribution in [3.05, 3.63) is 64.8 Å². The minimum atomic E-state index is -4.51. The summed E-state index contributed by atoms with van der Waals surface area (Å²) in [6, 6.07) is 8.40. The van der Waals surface area contributed by atoms with E-state index in [0.29, 0.717) is 4.91 Å². The number of benzene rings is 1. The molecular weight excluding hydrogens is 339 g/mol. The van der Waals surface area contributed by atoms with Crippen LogP contribution < -0.4 is 5.32 Å². The van der Waals surface area contributed by atoms with Gasteiger partial charge in [-0.2, -0.15) is 13.2 Å². The third-order valence-electron chi connectivity index (χ3n) is 3.09. The van der Waals surface area contributed by atoms with Crippen LogP contribution in [0.15, 0.2) is 58.7 Å². The summed E-state index contributed by atoms with van der Waals surface area (Å²) in [7, 11) is 0. The summed E-state index contributed by atoms with van der Waals surface area (Å²) in [6.45, 7) is 0. The van der Waals surface area contributed by atoms with E-state index in [9.17, 15) is 18.0 Å². The Morgan fingerprint density at radius 2 is 1.83 bits per heavy atom. The van der Waals surface area contributed by atoms with Crippen molar-refractivity contribution in [2.75, 3.05) is 0 Å². The van der Waals surface area contributed by atoms with Crippen LogP contribution in [0.5, 0.6) is 0 Å². The van der Waals surface area contributed by atoms with Gasteiger partial charge in [-0.1, -0.05) is 12.1 Å². The van der Waals surface area contributed by atoms with Gasteiger partial charge in [-0.05, 0) is 47.7 Å². The Bertz CT molecular complexity index is 832. The smallest absolute Gasteiger partial charge is 0.300 e. The summed E-state index contributed by atoms with van der Waals surface area (Å²) in [5.41, 5.74) is -0.323. The summed E-state index contributed by atoms with van der Waals surface area (Å²) in [5, 5.41) is 2.58. The molecule has 3 rings (SSSR count). The molecule has 8 heteroatoms. The van der Waals surface area contributed by atoms with Gasteiger partial charge in [-0.25, -0.2) is 4.99 Å². The van der Waals surface area contributed by atoms with Crippen molar-refractivity contribution in [2.24, 2.45) is 4.99 Å². The van der Waals surface area contributed by atoms with Crippen LogP contribution in [0.3, 0.4) is 0 Å². The summed E-state index contributed by atoms with van der Waals surface area (Å²) in [4.78, 5) is 20.1. The lowest BCUT2D eigenvalue weighted by Gasteiger charge is -2.09. The van der Waals surface area contributed by atoms with Crippen LogP contribution in [0.25, 0.3) is 6.08 Å². The average molecular weight is 349 g/mol. The average Bonchev–Trinajstić information content (AvgIpc) is 2.87. The number of pyridine rings is 1. The lowest BCUT2D eigenvalue weighted by atomic mass is 10.2. The minimum Gasteiger partial charge on any atom is -0.300 e. The minimum absolute atomic E-state index is 0.108. The summed E-state index contributed by atoms with van der Waals surface area (Å²) >= 11 is 0.990. The first-order valence-corrected chi connectivity index (χ1v) is 7.61. The highest BCUT2D eigenvalue weighted by Crippen LogP contribution is 2.37. The number of carbonyl (C=O) groups is 1. The molecule has 122 valence electrons. The number of aromatic nitrogens is 1. The molecule has 0 saturated carbocycles. The van der Waals surface area contributed by atoms with E-state index in [1.165, 1.54) is 18.2 Å². The SMILES string of the molecule is O=C1NC(=Nc2ccccc2C(F)(F)F)SC1=Cc1ccncc1. The molecule has 0 aliphatic carbocycles. The Morgan fingerprint density at radius 1 is 1.12 bits per heavy atom. The highest BCUT2D eigenvalue weighted by molar-refractivity contribution is 8.18. The first-order valence-electron chi connectivity index (χ1n) is 6.79. The van der Waals surface area contributed by atoms with Gasteiger partial charge in [0.15, 0.2) is 5.17 Å². The third kappa shape index (κ3) is 3.65. The predicted octanol–water partition coefficient (Wildman–Crippen LogP) is 3.99. The first kappa shape index (κ1) is 16.3. The summed E-state index contributed by atoms with van der Waals surface area (Å²) in [5.74, 6) is -0.403. The number of hydrogen-bond donors (Lipinski definition) is 1. The Kier molecular flexibility index (Phi) is 4.39. The second-order valence-corrected chi connectivity index (χ2v) is 5.81. The van der Waals surface area contributed by atoms with E-state index >= 15 is 0 Å². The number of amidine groups is 1. The van der Waals surface area contributed by atoms with E-state index in [2.05, 4.69) is 15.3 Å². The molecule has 2 heterocycles. The van der Waals surface area contributed by atoms with Gasteiger partial charge < -0.3 is 5.32 Å². The van der Waals surface area contributed by atoms with Crippen LogP contribution >= 0.6 is 11.8 Å². The maximum absolute atomic E-state index is 13.0. The number of halogens is 3. The molecule has 0 unspecified atom stereocenters. The number of carbonyl (C=O) groups excluding carboxylic acids is 1. The van der Waals surface area contributed by atoms with E-state index in [1.807, 2.05) is 0 Å². The lowest BCUT2D eigenvalue weighted by Crippen LogP contribution is -2.19. The Balaban J connectivity index is 1.89. The fourth-order valence-electron chi connectivity index (χ4n) is 2.01. The zero-order valence-corrected chi connectivity index (χ0v) is 12.9. The number of thioether (sulfide) groups is 1. The van der Waals surface area contributed by atoms with Crippen LogP contribution in [0.1, 0.15) is 11.1 Å². The Labute approximate surface area is 139 Å². The standard InChI is InChI=1S/C16H10F3N3OS/c17-16(18,19)11-3-1-2-4-12(11)21-15-22-14(23)13(24-15)9-10-5-7-20-8-6-10/h1-9H,(H,21,22,23). The Hall–Kier alpha value is -2.61. The molecule has 1 fully saturated rings. The van der Waals surface area contributed by atoms with Gasteiger partial charge in [0.25, 0.3) is 5.91 Å². The van der Waals surface area contributed by atoms with Crippen LogP contribution in [0.4, 0.5) is 18.9 Å². The molecule has 24 heavy (non-hydrogen) atoms. The molecule has 1 aliphatic rings. The van der Waals surface area contributed by atoms with Crippen molar-refractivity contribution in [3.8, 4) is 0 Å². The van der Waals surface area contributed by atoms with Crippen LogP contribution in [0.2, 0.25) is 0 Å². The van der Waals surface area contributed by atoms with Gasteiger partial charge in [-0.3, -0.25) is 9.78 Å². The number of aliphatic imine (C=N–C) groups is 1. The molecule has 0 bridgehead atoms. The predicted molar refractivity (Wildman–Crippen MR) is 86.5 cm³/mol. The van der Waals surface area contributed by atoms with Crippen LogP contribution in [-0.2, 0) is 11.0 Å². The fraction of sp³-hybridized carbons (Fsp3) is 0.0625. The van der Waals surface area contributed by atoms with Gasteiger partial charge in [0, 0.05) is 12.4 Å². The maximum Gasteiger partial charge on any atom is 0.418 e. The highest BCUT2D eigenvalue weighted by Gasteiger charge is 2.34. The first-order chi connectivity index (χ1) is 11.4. The van der Waals surface area contributed by atoms with Gasteiger partial charge in [0.05, 0.1) is 16.2 Å². The van der Waals surface area contributed by atoms with Crippen molar-refractivity contribution in [3.63, 3.8) is 0 Å². The molecule has 1 amide bonds. The van der Waals surface area contributed by atoms with Crippen molar-refractivity contribution in [1.82, 2.24) is 10.3 Å². The number of alkyl halides is 3. The number of para-hydroxylation sites is 1. The monoisotopic (exact) mass is 349 g/mol. The van der Waals surface area contributed by atoms with Crippen molar-refractivity contribution >= 4 is 34.6 Å². The van der Waals surface area contributed by atoms with Gasteiger partial charge >= 0.3 is 6.18 Å². The van der Waals surface area contributed by atoms with Crippen molar-refractivity contribution < 1.29 is 18.0 Å². The highest BCUT2D eigenvalue weighted by atomic mass is 32.2. The number of amides is 1. The number of rotatable bonds is 2. The molecule has 1 saturated heterocycles. The number of hydrogen-bond acceptors (Lipinski definition) is 4. The summed E-state index contributed by atoms with van der Waals surface area (Å²) < 4.78 is 38.9. The largest absolute Gasteiger partial charge is 0.418 e. The molecular formula is C16H10F3N3OS. The van der Waals surface area contributed by atoms with Crippen molar-refractivity contribution in [2.45, 2.75) is 6.18 Å². The van der Waals surface area contributed by atoms with E-state index in [-0.39, 0.29) is 10.9 Å². The van der Waals surface area contributed by atoms with Gasteiger partial charge in [-0.15, -0.1) is 0 Å². The molecule has 1 aromatic heterocycles. The molecule has 1 aromatic carbocycles. The molecule has 4 nitrogen and oxygen atoms in total. The molecule has 1 aliphatic heterocycles. The fourth-order valence-corrected chi connectivity index (χ4v) is 2.85. The molecule has 0 spiro atoms. The molecule has 0 radical (unpaired) electrons. The topological polar surface area (TPSA) is 54.4 Å². The third-order valence-corrected chi connectivity index (χ3v) is 4.00. The molecule has 2 aromatic rings. The number of nitrogens with one attached hydrogen (secondary N) is 1. The van der Waals surface area contributed by atoms with Gasteiger partial charge in [0.1, 0.15) is 0 Å². The maximum atomic E-state index is 13.0. The van der Waals surface area contributed by atoms with E-state index in [4.69, 9.17) is 0 Å². The van der Waals surface area contributed by atoms with Crippen LogP contribution in [-0.4, -0.2) is 16.1 Å². The van der Waals surface area contributed by atoms with Crippen molar-refractivity contribution in [1.29, 1.82) is 0 Å².